The van der Waals surface area contributed by atoms with Crippen LogP contribution in [-0.2, 0) is 9.59 Å². The van der Waals surface area contributed by atoms with Crippen LogP contribution < -0.4 is 15.0 Å². The van der Waals surface area contributed by atoms with Gasteiger partial charge in [0, 0.05) is 25.2 Å². The number of rotatable bonds is 8. The Bertz CT molecular complexity index is 554. The summed E-state index contributed by atoms with van der Waals surface area (Å²) in [5, 5.41) is 2.92. The van der Waals surface area contributed by atoms with Gasteiger partial charge in [-0.25, -0.2) is 0 Å². The first-order valence-corrected chi connectivity index (χ1v) is 8.82. The topological polar surface area (TPSA) is 58.6 Å². The maximum Gasteiger partial charge on any atom is 0.227 e. The average molecular weight is 332 g/mol. The van der Waals surface area contributed by atoms with Crippen molar-refractivity contribution >= 4 is 17.5 Å². The van der Waals surface area contributed by atoms with Crippen LogP contribution in [0.5, 0.6) is 5.75 Å². The highest BCUT2D eigenvalue weighted by atomic mass is 16.5. The Hall–Kier alpha value is -2.04. The minimum Gasteiger partial charge on any atom is -0.494 e. The average Bonchev–Trinajstić information content (AvgIpc) is 2.95. The number of carbonyl (C=O) groups excluding carboxylic acids is 2. The third kappa shape index (κ3) is 4.98. The molecule has 2 rings (SSSR count). The highest BCUT2D eigenvalue weighted by Gasteiger charge is 2.34. The fourth-order valence-electron chi connectivity index (χ4n) is 2.64. The van der Waals surface area contributed by atoms with Gasteiger partial charge in [-0.05, 0) is 36.6 Å². The molecule has 1 aliphatic rings. The summed E-state index contributed by atoms with van der Waals surface area (Å²) in [7, 11) is 0. The monoisotopic (exact) mass is 332 g/mol. The molecule has 5 heteroatoms. The van der Waals surface area contributed by atoms with E-state index in [9.17, 15) is 9.59 Å². The predicted molar refractivity (Wildman–Crippen MR) is 95.2 cm³/mol. The number of ether oxygens (including phenoxy) is 1. The second-order valence-electron chi connectivity index (χ2n) is 6.74. The SMILES string of the molecule is CCCCOc1ccc(N2C[C@@H](C(=O)NCC(C)C)CC2=O)cc1. The van der Waals surface area contributed by atoms with Crippen molar-refractivity contribution in [2.24, 2.45) is 11.8 Å². The first-order valence-electron chi connectivity index (χ1n) is 8.82. The summed E-state index contributed by atoms with van der Waals surface area (Å²) in [6, 6.07) is 7.52. The molecule has 0 radical (unpaired) electrons. The Morgan fingerprint density at radius 2 is 2.04 bits per heavy atom. The van der Waals surface area contributed by atoms with Crippen molar-refractivity contribution in [1.29, 1.82) is 0 Å². The van der Waals surface area contributed by atoms with Gasteiger partial charge < -0.3 is 15.0 Å². The zero-order chi connectivity index (χ0) is 17.5. The number of nitrogens with one attached hydrogen (secondary N) is 1. The van der Waals surface area contributed by atoms with E-state index in [1.54, 1.807) is 4.90 Å². The van der Waals surface area contributed by atoms with E-state index in [1.807, 2.05) is 24.3 Å². The van der Waals surface area contributed by atoms with Crippen LogP contribution in [-0.4, -0.2) is 31.5 Å². The summed E-state index contributed by atoms with van der Waals surface area (Å²) >= 11 is 0. The molecule has 1 saturated heterocycles. The molecule has 5 nitrogen and oxygen atoms in total. The first kappa shape index (κ1) is 18.3. The van der Waals surface area contributed by atoms with Crippen molar-refractivity contribution in [2.45, 2.75) is 40.0 Å². The standard InChI is InChI=1S/C19H28N2O3/c1-4-5-10-24-17-8-6-16(7-9-17)21-13-15(11-18(21)22)19(23)20-12-14(2)3/h6-9,14-15H,4-5,10-13H2,1-3H3,(H,20,23)/t15-/m0/s1. The lowest BCUT2D eigenvalue weighted by Crippen LogP contribution is -2.34. The van der Waals surface area contributed by atoms with E-state index < -0.39 is 0 Å². The van der Waals surface area contributed by atoms with Crippen LogP contribution in [0.4, 0.5) is 5.69 Å². The van der Waals surface area contributed by atoms with Gasteiger partial charge in [0.05, 0.1) is 12.5 Å². The molecule has 1 atom stereocenters. The molecule has 2 amide bonds. The molecule has 132 valence electrons. The van der Waals surface area contributed by atoms with Gasteiger partial charge in [-0.2, -0.15) is 0 Å². The van der Waals surface area contributed by atoms with Gasteiger partial charge in [0.1, 0.15) is 5.75 Å². The minimum absolute atomic E-state index is 0.000603. The van der Waals surface area contributed by atoms with Gasteiger partial charge in [0.15, 0.2) is 0 Å². The van der Waals surface area contributed by atoms with E-state index in [0.717, 1.165) is 24.3 Å². The van der Waals surface area contributed by atoms with Crippen LogP contribution in [0, 0.1) is 11.8 Å². The molecule has 0 unspecified atom stereocenters. The van der Waals surface area contributed by atoms with Crippen LogP contribution in [0.2, 0.25) is 0 Å². The number of hydrogen-bond acceptors (Lipinski definition) is 3. The Balaban J connectivity index is 1.92. The van der Waals surface area contributed by atoms with E-state index in [4.69, 9.17) is 4.74 Å². The molecule has 0 aromatic heterocycles. The highest BCUT2D eigenvalue weighted by Crippen LogP contribution is 2.27. The lowest BCUT2D eigenvalue weighted by Gasteiger charge is -2.17. The van der Waals surface area contributed by atoms with E-state index >= 15 is 0 Å². The predicted octanol–water partition coefficient (Wildman–Crippen LogP) is 2.99. The fraction of sp³-hybridized carbons (Fsp3) is 0.579. The maximum absolute atomic E-state index is 12.2. The van der Waals surface area contributed by atoms with Crippen LogP contribution >= 0.6 is 0 Å². The number of unbranched alkanes of at least 4 members (excludes halogenated alkanes) is 1. The zero-order valence-corrected chi connectivity index (χ0v) is 14.9. The number of benzene rings is 1. The van der Waals surface area contributed by atoms with Crippen molar-refractivity contribution in [1.82, 2.24) is 5.32 Å². The number of amides is 2. The Labute approximate surface area is 144 Å². The molecular formula is C19H28N2O3. The molecule has 0 aliphatic carbocycles. The summed E-state index contributed by atoms with van der Waals surface area (Å²) in [6.07, 6.45) is 2.40. The lowest BCUT2D eigenvalue weighted by atomic mass is 10.1. The van der Waals surface area contributed by atoms with Crippen molar-refractivity contribution in [3.05, 3.63) is 24.3 Å². The molecule has 1 heterocycles. The Morgan fingerprint density at radius 3 is 2.67 bits per heavy atom. The quantitative estimate of drug-likeness (QED) is 0.745. The third-order valence-electron chi connectivity index (χ3n) is 4.10. The van der Waals surface area contributed by atoms with Crippen molar-refractivity contribution in [2.75, 3.05) is 24.6 Å². The van der Waals surface area contributed by atoms with Gasteiger partial charge in [-0.15, -0.1) is 0 Å². The van der Waals surface area contributed by atoms with Crippen LogP contribution in [0.3, 0.4) is 0 Å². The largest absolute Gasteiger partial charge is 0.494 e. The third-order valence-corrected chi connectivity index (χ3v) is 4.10. The molecule has 0 saturated carbocycles. The van der Waals surface area contributed by atoms with Gasteiger partial charge >= 0.3 is 0 Å². The molecule has 0 bridgehead atoms. The summed E-state index contributed by atoms with van der Waals surface area (Å²) in [6.45, 7) is 8.02. The summed E-state index contributed by atoms with van der Waals surface area (Å²) in [5.41, 5.74) is 0.821. The highest BCUT2D eigenvalue weighted by molar-refractivity contribution is 6.00. The molecule has 1 aromatic rings. The molecule has 1 aliphatic heterocycles. The van der Waals surface area contributed by atoms with Gasteiger partial charge in [-0.1, -0.05) is 27.2 Å². The second kappa shape index (κ2) is 8.71. The first-order chi connectivity index (χ1) is 11.5. The van der Waals surface area contributed by atoms with E-state index in [-0.39, 0.29) is 24.2 Å². The van der Waals surface area contributed by atoms with Crippen molar-refractivity contribution in [3.63, 3.8) is 0 Å². The summed E-state index contributed by atoms with van der Waals surface area (Å²) in [5.74, 6) is 0.919. The van der Waals surface area contributed by atoms with Crippen molar-refractivity contribution < 1.29 is 14.3 Å². The molecule has 1 N–H and O–H groups in total. The second-order valence-corrected chi connectivity index (χ2v) is 6.74. The van der Waals surface area contributed by atoms with Crippen LogP contribution in [0.1, 0.15) is 40.0 Å². The fourth-order valence-corrected chi connectivity index (χ4v) is 2.64. The van der Waals surface area contributed by atoms with E-state index in [0.29, 0.717) is 25.6 Å². The lowest BCUT2D eigenvalue weighted by molar-refractivity contribution is -0.126. The number of carbonyl (C=O) groups is 2. The van der Waals surface area contributed by atoms with Crippen LogP contribution in [0.25, 0.3) is 0 Å². The Kier molecular flexibility index (Phi) is 6.64. The molecule has 1 fully saturated rings. The van der Waals surface area contributed by atoms with Gasteiger partial charge in [-0.3, -0.25) is 9.59 Å². The van der Waals surface area contributed by atoms with Gasteiger partial charge in [0.2, 0.25) is 11.8 Å². The minimum atomic E-state index is -0.267. The number of nitrogens with zero attached hydrogens (tertiary/aromatic N) is 1. The van der Waals surface area contributed by atoms with Gasteiger partial charge in [0.25, 0.3) is 0 Å². The maximum atomic E-state index is 12.2. The normalized spacial score (nSPS) is 17.4. The number of hydrogen-bond donors (Lipinski definition) is 1. The van der Waals surface area contributed by atoms with Crippen LogP contribution in [0.15, 0.2) is 24.3 Å². The molecule has 1 aromatic carbocycles. The summed E-state index contributed by atoms with van der Waals surface area (Å²) in [4.78, 5) is 26.1. The zero-order valence-electron chi connectivity index (χ0n) is 14.9. The number of anilines is 1. The molecule has 24 heavy (non-hydrogen) atoms. The van der Waals surface area contributed by atoms with E-state index in [2.05, 4.69) is 26.1 Å². The smallest absolute Gasteiger partial charge is 0.227 e. The Morgan fingerprint density at radius 1 is 1.33 bits per heavy atom. The summed E-state index contributed by atoms with van der Waals surface area (Å²) < 4.78 is 5.64. The molecule has 0 spiro atoms. The molecular weight excluding hydrogens is 304 g/mol. The van der Waals surface area contributed by atoms with Crippen molar-refractivity contribution in [3.8, 4) is 5.75 Å². The van der Waals surface area contributed by atoms with E-state index in [1.165, 1.54) is 0 Å².